The molecule has 0 unspecified atom stereocenters. The summed E-state index contributed by atoms with van der Waals surface area (Å²) in [6.45, 7) is 7.18. The van der Waals surface area contributed by atoms with Crippen LogP contribution in [0, 0.1) is 0 Å². The molecule has 36 heavy (non-hydrogen) atoms. The minimum absolute atomic E-state index is 0.116. The first-order valence-electron chi connectivity index (χ1n) is 12.4. The fourth-order valence-electron chi connectivity index (χ4n) is 4.57. The number of rotatable bonds is 9. The van der Waals surface area contributed by atoms with Crippen molar-refractivity contribution in [2.75, 3.05) is 42.9 Å². The molecule has 3 aromatic carbocycles. The van der Waals surface area contributed by atoms with Gasteiger partial charge in [-0.05, 0) is 73.5 Å². The highest BCUT2D eigenvalue weighted by Crippen LogP contribution is 2.23. The molecule has 0 atom stereocenters. The third-order valence-electron chi connectivity index (χ3n) is 6.55. The van der Waals surface area contributed by atoms with Crippen molar-refractivity contribution in [3.05, 3.63) is 93.5 Å². The highest BCUT2D eigenvalue weighted by atomic mass is 35.5. The Morgan fingerprint density at radius 2 is 1.53 bits per heavy atom. The van der Waals surface area contributed by atoms with Gasteiger partial charge in [0.05, 0.1) is 0 Å². The Bertz CT molecular complexity index is 1190. The first-order chi connectivity index (χ1) is 17.4. The normalized spacial score (nSPS) is 14.0. The fraction of sp³-hybridized carbons (Fsp3) is 0.310. The monoisotopic (exact) mass is 523 g/mol. The first kappa shape index (κ1) is 26.2. The van der Waals surface area contributed by atoms with Crippen LogP contribution in [0.15, 0.2) is 66.7 Å². The lowest BCUT2D eigenvalue weighted by molar-refractivity contribution is 0.0973. The van der Waals surface area contributed by atoms with Gasteiger partial charge < -0.3 is 10.2 Å². The first-order valence-corrected chi connectivity index (χ1v) is 13.1. The molecule has 1 heterocycles. The molecular weight excluding hydrogens is 493 g/mol. The van der Waals surface area contributed by atoms with Gasteiger partial charge in [-0.2, -0.15) is 0 Å². The number of para-hydroxylation sites is 1. The molecule has 1 aliphatic rings. The van der Waals surface area contributed by atoms with E-state index in [0.29, 0.717) is 33.3 Å². The molecule has 0 aliphatic carbocycles. The van der Waals surface area contributed by atoms with Crippen LogP contribution in [0.3, 0.4) is 0 Å². The van der Waals surface area contributed by atoms with E-state index in [9.17, 15) is 9.59 Å². The molecule has 1 amide bonds. The van der Waals surface area contributed by atoms with E-state index >= 15 is 0 Å². The molecule has 0 saturated carbocycles. The molecule has 1 saturated heterocycles. The van der Waals surface area contributed by atoms with Gasteiger partial charge in [-0.3, -0.25) is 14.5 Å². The van der Waals surface area contributed by atoms with Crippen molar-refractivity contribution >= 4 is 46.3 Å². The van der Waals surface area contributed by atoms with Crippen molar-refractivity contribution < 1.29 is 9.59 Å². The van der Waals surface area contributed by atoms with Crippen molar-refractivity contribution in [2.24, 2.45) is 0 Å². The predicted molar refractivity (Wildman–Crippen MR) is 149 cm³/mol. The Hall–Kier alpha value is -2.86. The van der Waals surface area contributed by atoms with Gasteiger partial charge in [-0.1, -0.05) is 48.3 Å². The molecular formula is C29H31Cl2N3O2. The molecule has 0 radical (unpaired) electrons. The molecule has 188 valence electrons. The maximum atomic E-state index is 12.7. The number of piperazine rings is 1. The molecule has 4 rings (SSSR count). The Labute approximate surface area is 223 Å². The van der Waals surface area contributed by atoms with Gasteiger partial charge in [-0.25, -0.2) is 0 Å². The summed E-state index contributed by atoms with van der Waals surface area (Å²) >= 11 is 12.0. The molecule has 7 heteroatoms. The number of nitrogens with one attached hydrogen (secondary N) is 1. The molecule has 5 nitrogen and oxygen atoms in total. The number of anilines is 2. The summed E-state index contributed by atoms with van der Waals surface area (Å²) in [6, 6.07) is 20.3. The number of aryl methyl sites for hydroxylation is 1. The van der Waals surface area contributed by atoms with E-state index in [1.54, 1.807) is 42.5 Å². The van der Waals surface area contributed by atoms with E-state index in [4.69, 9.17) is 23.2 Å². The quantitative estimate of drug-likeness (QED) is 0.321. The summed E-state index contributed by atoms with van der Waals surface area (Å²) in [5.74, 6) is -0.193. The molecule has 0 bridgehead atoms. The second kappa shape index (κ2) is 12.4. The zero-order chi connectivity index (χ0) is 25.5. The Kier molecular flexibility index (Phi) is 9.03. The number of Topliss-reactive ketones (excluding diaryl/α,β-unsaturated/α-hetero) is 1. The second-order valence-electron chi connectivity index (χ2n) is 9.03. The smallest absolute Gasteiger partial charge is 0.255 e. The third-order valence-corrected chi connectivity index (χ3v) is 6.99. The molecule has 0 spiro atoms. The van der Waals surface area contributed by atoms with Crippen LogP contribution in [-0.2, 0) is 6.42 Å². The van der Waals surface area contributed by atoms with Crippen LogP contribution in [0.5, 0.6) is 0 Å². The maximum absolute atomic E-state index is 12.7. The number of carbonyl (C=O) groups is 2. The summed E-state index contributed by atoms with van der Waals surface area (Å²) < 4.78 is 0. The second-order valence-corrected chi connectivity index (χ2v) is 9.90. The van der Waals surface area contributed by atoms with E-state index in [1.165, 1.54) is 11.3 Å². The zero-order valence-electron chi connectivity index (χ0n) is 20.5. The maximum Gasteiger partial charge on any atom is 0.255 e. The van der Waals surface area contributed by atoms with Crippen molar-refractivity contribution in [2.45, 2.75) is 26.2 Å². The van der Waals surface area contributed by atoms with Crippen LogP contribution in [0.25, 0.3) is 0 Å². The number of amides is 1. The number of nitrogens with zero attached hydrogens (tertiary/aromatic N) is 2. The van der Waals surface area contributed by atoms with Gasteiger partial charge in [0.1, 0.15) is 0 Å². The van der Waals surface area contributed by atoms with Crippen molar-refractivity contribution in [1.82, 2.24) is 4.90 Å². The van der Waals surface area contributed by atoms with E-state index in [2.05, 4.69) is 46.3 Å². The highest BCUT2D eigenvalue weighted by Gasteiger charge is 2.19. The fourth-order valence-corrected chi connectivity index (χ4v) is 5.09. The topological polar surface area (TPSA) is 52.6 Å². The SMILES string of the molecule is CCc1ccccc1N1CCN(CCCC(=O)c2ccc(NC(=O)c3cc(Cl)cc(Cl)c3)cc2)CC1. The Morgan fingerprint density at radius 1 is 0.861 bits per heavy atom. The standard InChI is InChI=1S/C29H31Cl2N3O2/c1-2-21-6-3-4-7-27(21)34-16-14-33(15-17-34)13-5-8-28(35)22-9-11-26(12-10-22)32-29(36)23-18-24(30)20-25(31)19-23/h3-4,6-7,9-12,18-20H,2,5,8,13-17H2,1H3,(H,32,36). The summed E-state index contributed by atoms with van der Waals surface area (Å²) in [6.07, 6.45) is 2.38. The number of benzene rings is 3. The van der Waals surface area contributed by atoms with Crippen molar-refractivity contribution in [1.29, 1.82) is 0 Å². The highest BCUT2D eigenvalue weighted by molar-refractivity contribution is 6.35. The number of hydrogen-bond acceptors (Lipinski definition) is 4. The van der Waals surface area contributed by atoms with Crippen LogP contribution < -0.4 is 10.2 Å². The number of ketones is 1. The summed E-state index contributed by atoms with van der Waals surface area (Å²) in [5.41, 5.74) is 4.39. The lowest BCUT2D eigenvalue weighted by Crippen LogP contribution is -2.47. The predicted octanol–water partition coefficient (Wildman–Crippen LogP) is 6.59. The summed E-state index contributed by atoms with van der Waals surface area (Å²) in [7, 11) is 0. The zero-order valence-corrected chi connectivity index (χ0v) is 22.0. The minimum atomic E-state index is -0.309. The van der Waals surface area contributed by atoms with E-state index < -0.39 is 0 Å². The van der Waals surface area contributed by atoms with Crippen LogP contribution in [0.2, 0.25) is 10.0 Å². The lowest BCUT2D eigenvalue weighted by atomic mass is 10.1. The van der Waals surface area contributed by atoms with Crippen LogP contribution in [0.1, 0.15) is 46.0 Å². The van der Waals surface area contributed by atoms with Gasteiger partial charge in [0.15, 0.2) is 5.78 Å². The molecule has 1 N–H and O–H groups in total. The molecule has 0 aromatic heterocycles. The number of carbonyl (C=O) groups excluding carboxylic acids is 2. The van der Waals surface area contributed by atoms with Crippen LogP contribution >= 0.6 is 23.2 Å². The van der Waals surface area contributed by atoms with E-state index in [-0.39, 0.29) is 11.7 Å². The Morgan fingerprint density at radius 3 is 2.19 bits per heavy atom. The number of halogens is 2. The van der Waals surface area contributed by atoms with Gasteiger partial charge in [0.2, 0.25) is 0 Å². The minimum Gasteiger partial charge on any atom is -0.369 e. The summed E-state index contributed by atoms with van der Waals surface area (Å²) in [5, 5.41) is 3.61. The van der Waals surface area contributed by atoms with Crippen molar-refractivity contribution in [3.8, 4) is 0 Å². The lowest BCUT2D eigenvalue weighted by Gasteiger charge is -2.37. The molecule has 1 fully saturated rings. The largest absolute Gasteiger partial charge is 0.369 e. The summed E-state index contributed by atoms with van der Waals surface area (Å²) in [4.78, 5) is 30.1. The van der Waals surface area contributed by atoms with Crippen molar-refractivity contribution in [3.63, 3.8) is 0 Å². The third kappa shape index (κ3) is 6.88. The Balaban J connectivity index is 1.21. The van der Waals surface area contributed by atoms with E-state index in [0.717, 1.165) is 45.6 Å². The average molecular weight is 524 g/mol. The molecule has 3 aromatic rings. The van der Waals surface area contributed by atoms with Crippen LogP contribution in [0.4, 0.5) is 11.4 Å². The average Bonchev–Trinajstić information content (AvgIpc) is 2.89. The van der Waals surface area contributed by atoms with E-state index in [1.807, 2.05) is 0 Å². The van der Waals surface area contributed by atoms with Gasteiger partial charge in [0.25, 0.3) is 5.91 Å². The van der Waals surface area contributed by atoms with Gasteiger partial charge >= 0.3 is 0 Å². The number of hydrogen-bond donors (Lipinski definition) is 1. The molecule has 1 aliphatic heterocycles. The van der Waals surface area contributed by atoms with Crippen LogP contribution in [-0.4, -0.2) is 49.3 Å². The van der Waals surface area contributed by atoms with Gasteiger partial charge in [-0.15, -0.1) is 0 Å². The van der Waals surface area contributed by atoms with Gasteiger partial charge in [0, 0.05) is 65.1 Å².